The lowest BCUT2D eigenvalue weighted by molar-refractivity contribution is 0.101. The molecule has 3 aromatic rings. The van der Waals surface area contributed by atoms with Gasteiger partial charge in [-0.3, -0.25) is 9.59 Å². The average molecular weight is 331 g/mol. The molecule has 4 N–H and O–H groups in total. The van der Waals surface area contributed by atoms with Crippen molar-refractivity contribution in [1.82, 2.24) is 0 Å². The van der Waals surface area contributed by atoms with Crippen molar-refractivity contribution in [2.24, 2.45) is 0 Å². The highest BCUT2D eigenvalue weighted by molar-refractivity contribution is 6.07. The average Bonchev–Trinajstić information content (AvgIpc) is 2.64. The molecule has 0 saturated heterocycles. The molecule has 0 radical (unpaired) electrons. The Morgan fingerprint density at radius 2 is 1.24 bits per heavy atom. The zero-order chi connectivity index (χ0) is 17.6. The Bertz CT molecular complexity index is 890. The number of nitrogens with one attached hydrogen (secondary N) is 2. The second kappa shape index (κ2) is 7.31. The SMILES string of the molecule is Nc1ccc(NC(=O)c2cccc(NC(=O)c3ccccc3)c2)cc1. The molecule has 0 bridgehead atoms. The van der Waals surface area contributed by atoms with Crippen LogP contribution in [0.15, 0.2) is 78.9 Å². The van der Waals surface area contributed by atoms with Crippen molar-refractivity contribution >= 4 is 28.9 Å². The minimum atomic E-state index is -0.263. The van der Waals surface area contributed by atoms with Crippen LogP contribution in [0, 0.1) is 0 Å². The van der Waals surface area contributed by atoms with Gasteiger partial charge in [-0.25, -0.2) is 0 Å². The van der Waals surface area contributed by atoms with Crippen molar-refractivity contribution in [3.05, 3.63) is 90.0 Å². The molecule has 5 heteroatoms. The van der Waals surface area contributed by atoms with Crippen LogP contribution in [-0.4, -0.2) is 11.8 Å². The van der Waals surface area contributed by atoms with Gasteiger partial charge in [0.15, 0.2) is 0 Å². The van der Waals surface area contributed by atoms with Crippen LogP contribution in [0.4, 0.5) is 17.1 Å². The van der Waals surface area contributed by atoms with Crippen molar-refractivity contribution in [1.29, 1.82) is 0 Å². The first-order chi connectivity index (χ1) is 12.1. The summed E-state index contributed by atoms with van der Waals surface area (Å²) in [7, 11) is 0. The van der Waals surface area contributed by atoms with Gasteiger partial charge in [0.2, 0.25) is 0 Å². The third-order valence-corrected chi connectivity index (χ3v) is 3.59. The maximum Gasteiger partial charge on any atom is 0.255 e. The highest BCUT2D eigenvalue weighted by Crippen LogP contribution is 2.15. The van der Waals surface area contributed by atoms with E-state index in [1.807, 2.05) is 6.07 Å². The van der Waals surface area contributed by atoms with Gasteiger partial charge in [-0.05, 0) is 54.6 Å². The predicted molar refractivity (Wildman–Crippen MR) is 99.6 cm³/mol. The Hall–Kier alpha value is -3.60. The van der Waals surface area contributed by atoms with Crippen molar-refractivity contribution in [2.45, 2.75) is 0 Å². The molecule has 3 rings (SSSR count). The summed E-state index contributed by atoms with van der Waals surface area (Å²) in [4.78, 5) is 24.5. The van der Waals surface area contributed by atoms with E-state index >= 15 is 0 Å². The largest absolute Gasteiger partial charge is 0.399 e. The van der Waals surface area contributed by atoms with Crippen molar-refractivity contribution in [3.63, 3.8) is 0 Å². The summed E-state index contributed by atoms with van der Waals surface area (Å²) >= 11 is 0. The number of nitrogen functional groups attached to an aromatic ring is 1. The van der Waals surface area contributed by atoms with Gasteiger partial charge in [-0.1, -0.05) is 24.3 Å². The molecule has 0 aliphatic carbocycles. The summed E-state index contributed by atoms with van der Waals surface area (Å²) in [5.41, 5.74) is 8.47. The number of hydrogen-bond donors (Lipinski definition) is 3. The smallest absolute Gasteiger partial charge is 0.255 e. The molecule has 5 nitrogen and oxygen atoms in total. The van der Waals surface area contributed by atoms with E-state index in [0.717, 1.165) is 0 Å². The molecule has 0 aliphatic rings. The molecule has 0 unspecified atom stereocenters. The Morgan fingerprint density at radius 1 is 0.640 bits per heavy atom. The first-order valence-electron chi connectivity index (χ1n) is 7.75. The van der Waals surface area contributed by atoms with E-state index in [1.54, 1.807) is 72.8 Å². The number of nitrogens with two attached hydrogens (primary N) is 1. The van der Waals surface area contributed by atoms with E-state index in [0.29, 0.717) is 28.2 Å². The van der Waals surface area contributed by atoms with Gasteiger partial charge >= 0.3 is 0 Å². The summed E-state index contributed by atoms with van der Waals surface area (Å²) in [5, 5.41) is 5.58. The molecule has 0 saturated carbocycles. The van der Waals surface area contributed by atoms with Crippen molar-refractivity contribution in [2.75, 3.05) is 16.4 Å². The van der Waals surface area contributed by atoms with Gasteiger partial charge in [0, 0.05) is 28.2 Å². The van der Waals surface area contributed by atoms with Crippen LogP contribution in [0.2, 0.25) is 0 Å². The van der Waals surface area contributed by atoms with E-state index in [9.17, 15) is 9.59 Å². The Balaban J connectivity index is 1.71. The van der Waals surface area contributed by atoms with E-state index < -0.39 is 0 Å². The quantitative estimate of drug-likeness (QED) is 0.636. The Morgan fingerprint density at radius 3 is 1.96 bits per heavy atom. The van der Waals surface area contributed by atoms with E-state index in [-0.39, 0.29) is 11.8 Å². The van der Waals surface area contributed by atoms with Gasteiger partial charge in [0.05, 0.1) is 0 Å². The van der Waals surface area contributed by atoms with Gasteiger partial charge in [-0.15, -0.1) is 0 Å². The van der Waals surface area contributed by atoms with Gasteiger partial charge < -0.3 is 16.4 Å². The van der Waals surface area contributed by atoms with Crippen LogP contribution in [0.5, 0.6) is 0 Å². The molecule has 0 aliphatic heterocycles. The predicted octanol–water partition coefficient (Wildman–Crippen LogP) is 3.77. The number of rotatable bonds is 4. The second-order valence-electron chi connectivity index (χ2n) is 5.48. The third-order valence-electron chi connectivity index (χ3n) is 3.59. The molecule has 0 fully saturated rings. The Kier molecular flexibility index (Phi) is 4.76. The number of benzene rings is 3. The number of carbonyl (C=O) groups is 2. The van der Waals surface area contributed by atoms with Crippen LogP contribution in [0.1, 0.15) is 20.7 Å². The zero-order valence-electron chi connectivity index (χ0n) is 13.4. The number of amides is 2. The van der Waals surface area contributed by atoms with E-state index in [4.69, 9.17) is 5.73 Å². The molecule has 124 valence electrons. The molecular weight excluding hydrogens is 314 g/mol. The zero-order valence-corrected chi connectivity index (χ0v) is 13.4. The summed E-state index contributed by atoms with van der Waals surface area (Å²) in [6.07, 6.45) is 0. The van der Waals surface area contributed by atoms with Crippen LogP contribution in [0.25, 0.3) is 0 Å². The number of anilines is 3. The van der Waals surface area contributed by atoms with Gasteiger partial charge in [0.25, 0.3) is 11.8 Å². The molecule has 3 aromatic carbocycles. The normalized spacial score (nSPS) is 10.1. The highest BCUT2D eigenvalue weighted by Gasteiger charge is 2.09. The summed E-state index contributed by atoms with van der Waals surface area (Å²) in [6.45, 7) is 0. The van der Waals surface area contributed by atoms with Gasteiger partial charge in [-0.2, -0.15) is 0 Å². The monoisotopic (exact) mass is 331 g/mol. The van der Waals surface area contributed by atoms with Crippen LogP contribution >= 0.6 is 0 Å². The van der Waals surface area contributed by atoms with Gasteiger partial charge in [0.1, 0.15) is 0 Å². The summed E-state index contributed by atoms with van der Waals surface area (Å²) in [5.74, 6) is -0.489. The minimum absolute atomic E-state index is 0.225. The fourth-order valence-electron chi connectivity index (χ4n) is 2.30. The first kappa shape index (κ1) is 16.3. The lowest BCUT2D eigenvalue weighted by Crippen LogP contribution is -2.14. The maximum absolute atomic E-state index is 12.4. The molecule has 0 spiro atoms. The lowest BCUT2D eigenvalue weighted by Gasteiger charge is -2.09. The molecule has 0 atom stereocenters. The summed E-state index contributed by atoms with van der Waals surface area (Å²) < 4.78 is 0. The van der Waals surface area contributed by atoms with Crippen molar-refractivity contribution < 1.29 is 9.59 Å². The first-order valence-corrected chi connectivity index (χ1v) is 7.75. The van der Waals surface area contributed by atoms with Crippen LogP contribution in [-0.2, 0) is 0 Å². The standard InChI is InChI=1S/C20H17N3O2/c21-16-9-11-17(12-10-16)22-20(25)15-7-4-8-18(13-15)23-19(24)14-5-2-1-3-6-14/h1-13H,21H2,(H,22,25)(H,23,24). The highest BCUT2D eigenvalue weighted by atomic mass is 16.2. The van der Waals surface area contributed by atoms with E-state index in [2.05, 4.69) is 10.6 Å². The van der Waals surface area contributed by atoms with Crippen molar-refractivity contribution in [3.8, 4) is 0 Å². The van der Waals surface area contributed by atoms with Crippen LogP contribution in [0.3, 0.4) is 0 Å². The molecule has 2 amide bonds. The Labute approximate surface area is 145 Å². The lowest BCUT2D eigenvalue weighted by atomic mass is 10.1. The number of carbonyl (C=O) groups excluding carboxylic acids is 2. The van der Waals surface area contributed by atoms with E-state index in [1.165, 1.54) is 0 Å². The van der Waals surface area contributed by atoms with Crippen LogP contribution < -0.4 is 16.4 Å². The molecule has 0 aromatic heterocycles. The molecule has 0 heterocycles. The second-order valence-corrected chi connectivity index (χ2v) is 5.48. The fraction of sp³-hybridized carbons (Fsp3) is 0. The molecular formula is C20H17N3O2. The summed E-state index contributed by atoms with van der Waals surface area (Å²) in [6, 6.07) is 22.6. The number of hydrogen-bond acceptors (Lipinski definition) is 3. The fourth-order valence-corrected chi connectivity index (χ4v) is 2.30. The topological polar surface area (TPSA) is 84.2 Å². The third kappa shape index (κ3) is 4.23. The maximum atomic E-state index is 12.4. The minimum Gasteiger partial charge on any atom is -0.399 e. The molecule has 25 heavy (non-hydrogen) atoms.